The summed E-state index contributed by atoms with van der Waals surface area (Å²) in [7, 11) is 1.73. The van der Waals surface area contributed by atoms with Crippen molar-refractivity contribution in [2.24, 2.45) is 10.8 Å². The van der Waals surface area contributed by atoms with E-state index in [2.05, 4.69) is 33.0 Å². The average molecular weight is 452 g/mol. The van der Waals surface area contributed by atoms with Crippen molar-refractivity contribution < 1.29 is 24.2 Å². The van der Waals surface area contributed by atoms with Crippen molar-refractivity contribution in [1.29, 1.82) is 0 Å². The smallest absolute Gasteiger partial charge is 0.407 e. The Hall–Kier alpha value is -1.38. The van der Waals surface area contributed by atoms with Crippen LogP contribution in [0.5, 0.6) is 0 Å². The molecule has 8 heteroatoms. The average Bonchev–Trinajstić information content (AvgIpc) is 3.46. The number of nitrogens with zero attached hydrogens (tertiary/aromatic N) is 2. The van der Waals surface area contributed by atoms with E-state index >= 15 is 0 Å². The predicted molar refractivity (Wildman–Crippen MR) is 121 cm³/mol. The Morgan fingerprint density at radius 1 is 1.25 bits per heavy atom. The van der Waals surface area contributed by atoms with E-state index in [1.54, 1.807) is 12.0 Å². The molecule has 6 atom stereocenters. The van der Waals surface area contributed by atoms with Gasteiger partial charge < -0.3 is 24.8 Å². The number of fused-ring (bicyclic) bond motifs is 2. The van der Waals surface area contributed by atoms with E-state index in [4.69, 9.17) is 9.47 Å². The molecular formula is C24H41N3O5. The number of carbonyl (C=O) groups excluding carboxylic acids is 1. The summed E-state index contributed by atoms with van der Waals surface area (Å²) in [5.41, 5.74) is -1.09. The number of rotatable bonds is 5. The highest BCUT2D eigenvalue weighted by molar-refractivity contribution is 5.84. The van der Waals surface area contributed by atoms with Crippen molar-refractivity contribution in [1.82, 2.24) is 15.1 Å². The summed E-state index contributed by atoms with van der Waals surface area (Å²) in [5, 5.41) is 13.6. The van der Waals surface area contributed by atoms with Crippen LogP contribution >= 0.6 is 0 Å². The minimum absolute atomic E-state index is 0.0124. The maximum absolute atomic E-state index is 14.0. The quantitative estimate of drug-likeness (QED) is 0.668. The number of piperazine rings is 1. The number of hydrogen-bond acceptors (Lipinski definition) is 5. The van der Waals surface area contributed by atoms with Crippen LogP contribution in [0.15, 0.2) is 0 Å². The Bertz CT molecular complexity index is 740. The Labute approximate surface area is 192 Å². The lowest BCUT2D eigenvalue weighted by Gasteiger charge is -2.49. The summed E-state index contributed by atoms with van der Waals surface area (Å²) in [6.45, 7) is 10.7. The standard InChI is InChI=1S/C24H41N3O5/c1-6-23(9-7-16(11-23)25-18-8-10-32-14-19(18)31-5)20(28)26-15-24(22(2,3)4)12-17(26)13-27(24)21(29)30/h16-19,25H,6-15H2,1-5H3,(H,29,30)/t16-,17+,18-,19-,23+,24-/m1/s1. The van der Waals surface area contributed by atoms with Gasteiger partial charge in [-0.3, -0.25) is 9.69 Å². The molecule has 0 spiro atoms. The van der Waals surface area contributed by atoms with Gasteiger partial charge in [0.25, 0.3) is 0 Å². The molecule has 3 heterocycles. The molecule has 3 aliphatic heterocycles. The maximum Gasteiger partial charge on any atom is 0.407 e. The van der Waals surface area contributed by atoms with Crippen LogP contribution in [0.1, 0.15) is 66.2 Å². The van der Waals surface area contributed by atoms with Gasteiger partial charge in [-0.05, 0) is 43.9 Å². The molecule has 4 rings (SSSR count). The van der Waals surface area contributed by atoms with Crippen molar-refractivity contribution in [3.05, 3.63) is 0 Å². The molecule has 0 unspecified atom stereocenters. The molecule has 3 saturated heterocycles. The van der Waals surface area contributed by atoms with Crippen molar-refractivity contribution in [3.63, 3.8) is 0 Å². The second-order valence-corrected chi connectivity index (χ2v) is 11.5. The highest BCUT2D eigenvalue weighted by Gasteiger charge is 2.64. The van der Waals surface area contributed by atoms with Gasteiger partial charge in [-0.25, -0.2) is 4.79 Å². The van der Waals surface area contributed by atoms with Crippen LogP contribution in [-0.4, -0.2) is 90.1 Å². The first-order chi connectivity index (χ1) is 15.1. The van der Waals surface area contributed by atoms with E-state index in [1.165, 1.54) is 0 Å². The van der Waals surface area contributed by atoms with Gasteiger partial charge in [-0.2, -0.15) is 0 Å². The van der Waals surface area contributed by atoms with Gasteiger partial charge in [-0.1, -0.05) is 27.7 Å². The van der Waals surface area contributed by atoms with Crippen LogP contribution in [0.25, 0.3) is 0 Å². The number of methoxy groups -OCH3 is 1. The van der Waals surface area contributed by atoms with Gasteiger partial charge in [0.05, 0.1) is 29.7 Å². The van der Waals surface area contributed by atoms with Crippen molar-refractivity contribution in [3.8, 4) is 0 Å². The number of nitrogens with one attached hydrogen (secondary N) is 1. The third kappa shape index (κ3) is 3.72. The van der Waals surface area contributed by atoms with Gasteiger partial charge in [0, 0.05) is 38.9 Å². The summed E-state index contributed by atoms with van der Waals surface area (Å²) in [5.74, 6) is 0.237. The van der Waals surface area contributed by atoms with Gasteiger partial charge >= 0.3 is 6.09 Å². The molecule has 4 fully saturated rings. The Balaban J connectivity index is 1.47. The number of likely N-dealkylation sites (tertiary alicyclic amines) is 2. The summed E-state index contributed by atoms with van der Waals surface area (Å²) >= 11 is 0. The van der Waals surface area contributed by atoms with E-state index in [1.807, 2.05) is 4.90 Å². The summed E-state index contributed by atoms with van der Waals surface area (Å²) in [6, 6.07) is 0.547. The van der Waals surface area contributed by atoms with Crippen molar-refractivity contribution >= 4 is 12.0 Å². The van der Waals surface area contributed by atoms with Crippen LogP contribution in [0.3, 0.4) is 0 Å². The fraction of sp³-hybridized carbons (Fsp3) is 0.917. The van der Waals surface area contributed by atoms with Gasteiger partial charge in [0.2, 0.25) is 5.91 Å². The Kier molecular flexibility index (Phi) is 6.27. The molecule has 0 aromatic heterocycles. The molecule has 2 N–H and O–H groups in total. The van der Waals surface area contributed by atoms with E-state index in [-0.39, 0.29) is 34.9 Å². The highest BCUT2D eigenvalue weighted by Crippen LogP contribution is 2.53. The largest absolute Gasteiger partial charge is 0.465 e. The number of hydrogen-bond donors (Lipinski definition) is 2. The number of amides is 2. The van der Waals surface area contributed by atoms with Crippen molar-refractivity contribution in [2.45, 2.75) is 96.0 Å². The van der Waals surface area contributed by atoms with E-state index in [0.29, 0.717) is 25.7 Å². The van der Waals surface area contributed by atoms with Crippen molar-refractivity contribution in [2.75, 3.05) is 33.4 Å². The van der Waals surface area contributed by atoms with Gasteiger partial charge in [0.1, 0.15) is 0 Å². The molecule has 182 valence electrons. The predicted octanol–water partition coefficient (Wildman–Crippen LogP) is 2.71. The molecule has 2 amide bonds. The molecule has 8 nitrogen and oxygen atoms in total. The third-order valence-electron chi connectivity index (χ3n) is 9.04. The minimum atomic E-state index is -0.867. The lowest BCUT2D eigenvalue weighted by atomic mass is 9.72. The topological polar surface area (TPSA) is 91.3 Å². The van der Waals surface area contributed by atoms with Gasteiger partial charge in [0.15, 0.2) is 0 Å². The molecule has 0 aromatic carbocycles. The zero-order valence-corrected chi connectivity index (χ0v) is 20.4. The number of carboxylic acid groups (broad SMARTS) is 1. The van der Waals surface area contributed by atoms with Gasteiger partial charge in [-0.15, -0.1) is 0 Å². The minimum Gasteiger partial charge on any atom is -0.465 e. The number of ether oxygens (including phenoxy) is 2. The van der Waals surface area contributed by atoms with Crippen LogP contribution in [0.2, 0.25) is 0 Å². The second-order valence-electron chi connectivity index (χ2n) is 11.5. The normalized spacial score (nSPS) is 39.7. The zero-order valence-electron chi connectivity index (χ0n) is 20.4. The molecule has 0 radical (unpaired) electrons. The first-order valence-corrected chi connectivity index (χ1v) is 12.2. The Morgan fingerprint density at radius 2 is 2.00 bits per heavy atom. The maximum atomic E-state index is 14.0. The zero-order chi connectivity index (χ0) is 23.3. The molecule has 0 aromatic rings. The fourth-order valence-electron chi connectivity index (χ4n) is 6.84. The Morgan fingerprint density at radius 3 is 2.62 bits per heavy atom. The first-order valence-electron chi connectivity index (χ1n) is 12.2. The summed E-state index contributed by atoms with van der Waals surface area (Å²) in [6.07, 6.45) is 4.38. The summed E-state index contributed by atoms with van der Waals surface area (Å²) in [4.78, 5) is 29.6. The van der Waals surface area contributed by atoms with Crippen LogP contribution in [-0.2, 0) is 14.3 Å². The van der Waals surface area contributed by atoms with Crippen LogP contribution in [0.4, 0.5) is 4.79 Å². The number of carbonyl (C=O) groups is 2. The molecule has 32 heavy (non-hydrogen) atoms. The second kappa shape index (κ2) is 8.44. The molecular weight excluding hydrogens is 410 g/mol. The lowest BCUT2D eigenvalue weighted by Crippen LogP contribution is -2.63. The first kappa shape index (κ1) is 23.8. The highest BCUT2D eigenvalue weighted by atomic mass is 16.5. The van der Waals surface area contributed by atoms with Crippen LogP contribution < -0.4 is 5.32 Å². The lowest BCUT2D eigenvalue weighted by molar-refractivity contribution is -0.146. The third-order valence-corrected chi connectivity index (χ3v) is 9.04. The SMILES string of the molecule is CC[C@]1(C(=O)N2C[C@@]3(C(C)(C)C)C[C@H]2CN3C(=O)O)CC[C@@H](N[C@@H]2CCOC[C@H]2OC)C1. The molecule has 4 aliphatic rings. The van der Waals surface area contributed by atoms with E-state index in [9.17, 15) is 14.7 Å². The van der Waals surface area contributed by atoms with E-state index in [0.717, 1.165) is 45.1 Å². The van der Waals surface area contributed by atoms with E-state index < -0.39 is 11.6 Å². The molecule has 1 aliphatic carbocycles. The fourth-order valence-corrected chi connectivity index (χ4v) is 6.84. The molecule has 2 bridgehead atoms. The van der Waals surface area contributed by atoms with Crippen LogP contribution in [0, 0.1) is 10.8 Å². The summed E-state index contributed by atoms with van der Waals surface area (Å²) < 4.78 is 11.2. The molecule has 1 saturated carbocycles. The monoisotopic (exact) mass is 451 g/mol.